The third-order valence-electron chi connectivity index (χ3n) is 3.39. The normalized spacial score (nSPS) is 10.9. The molecule has 3 rings (SSSR count). The highest BCUT2D eigenvalue weighted by molar-refractivity contribution is 7.99. The fraction of sp³-hybridized carbons (Fsp3) is 0.0500. The molecule has 0 saturated heterocycles. The summed E-state index contributed by atoms with van der Waals surface area (Å²) in [7, 11) is 1.53. The van der Waals surface area contributed by atoms with Gasteiger partial charge in [-0.15, -0.1) is 0 Å². The van der Waals surface area contributed by atoms with E-state index in [0.717, 1.165) is 16.1 Å². The van der Waals surface area contributed by atoms with Gasteiger partial charge in [-0.3, -0.25) is 4.99 Å². The van der Waals surface area contributed by atoms with Gasteiger partial charge in [0.15, 0.2) is 11.5 Å². The van der Waals surface area contributed by atoms with Crippen molar-refractivity contribution in [2.24, 2.45) is 4.99 Å². The monoisotopic (exact) mass is 335 g/mol. The second kappa shape index (κ2) is 7.70. The third-order valence-corrected chi connectivity index (χ3v) is 4.46. The smallest absolute Gasteiger partial charge is 0.160 e. The molecule has 0 atom stereocenters. The Bertz CT molecular complexity index is 847. The number of phenols is 1. The Kier molecular flexibility index (Phi) is 5.18. The third kappa shape index (κ3) is 3.97. The van der Waals surface area contributed by atoms with Crippen LogP contribution in [0.2, 0.25) is 0 Å². The zero-order chi connectivity index (χ0) is 16.8. The first kappa shape index (κ1) is 16.1. The number of benzene rings is 3. The molecule has 0 aliphatic carbocycles. The van der Waals surface area contributed by atoms with Crippen LogP contribution in [0.5, 0.6) is 11.5 Å². The van der Waals surface area contributed by atoms with Crippen LogP contribution in [0.15, 0.2) is 87.6 Å². The summed E-state index contributed by atoms with van der Waals surface area (Å²) in [5.74, 6) is 0.556. The Labute approximate surface area is 145 Å². The molecule has 0 unspecified atom stereocenters. The first-order valence-electron chi connectivity index (χ1n) is 7.49. The van der Waals surface area contributed by atoms with E-state index in [-0.39, 0.29) is 5.75 Å². The summed E-state index contributed by atoms with van der Waals surface area (Å²) >= 11 is 1.68. The molecule has 3 aromatic rings. The van der Waals surface area contributed by atoms with E-state index < -0.39 is 0 Å². The van der Waals surface area contributed by atoms with E-state index in [2.05, 4.69) is 23.2 Å². The summed E-state index contributed by atoms with van der Waals surface area (Å²) in [6, 6.07) is 23.4. The van der Waals surface area contributed by atoms with Crippen LogP contribution in [0.25, 0.3) is 0 Å². The predicted octanol–water partition coefficient (Wildman–Crippen LogP) is 5.30. The first-order valence-corrected chi connectivity index (χ1v) is 8.31. The van der Waals surface area contributed by atoms with Crippen LogP contribution >= 0.6 is 11.8 Å². The molecule has 24 heavy (non-hydrogen) atoms. The maximum atomic E-state index is 9.85. The maximum absolute atomic E-state index is 9.85. The van der Waals surface area contributed by atoms with Crippen LogP contribution in [0.4, 0.5) is 5.69 Å². The van der Waals surface area contributed by atoms with Crippen molar-refractivity contribution in [1.29, 1.82) is 0 Å². The van der Waals surface area contributed by atoms with Gasteiger partial charge < -0.3 is 9.84 Å². The lowest BCUT2D eigenvalue weighted by Crippen LogP contribution is -1.86. The van der Waals surface area contributed by atoms with Crippen LogP contribution in [0.1, 0.15) is 5.56 Å². The van der Waals surface area contributed by atoms with Crippen molar-refractivity contribution < 1.29 is 9.84 Å². The molecule has 0 radical (unpaired) electrons. The molecule has 4 heteroatoms. The minimum Gasteiger partial charge on any atom is -0.504 e. The van der Waals surface area contributed by atoms with Gasteiger partial charge in [-0.25, -0.2) is 0 Å². The van der Waals surface area contributed by atoms with Crippen LogP contribution in [0.3, 0.4) is 0 Å². The molecule has 0 aliphatic rings. The van der Waals surface area contributed by atoms with E-state index in [1.54, 1.807) is 30.1 Å². The van der Waals surface area contributed by atoms with Crippen molar-refractivity contribution >= 4 is 23.7 Å². The highest BCUT2D eigenvalue weighted by atomic mass is 32.2. The lowest BCUT2D eigenvalue weighted by molar-refractivity contribution is 0.373. The average Bonchev–Trinajstić information content (AvgIpc) is 2.62. The van der Waals surface area contributed by atoms with E-state index >= 15 is 0 Å². The molecule has 3 nitrogen and oxygen atoms in total. The molecule has 0 spiro atoms. The largest absolute Gasteiger partial charge is 0.504 e. The Morgan fingerprint density at radius 1 is 0.958 bits per heavy atom. The van der Waals surface area contributed by atoms with Gasteiger partial charge in [0.05, 0.1) is 12.8 Å². The molecule has 120 valence electrons. The second-order valence-electron chi connectivity index (χ2n) is 5.07. The minimum atomic E-state index is 0.105. The predicted molar refractivity (Wildman–Crippen MR) is 98.9 cm³/mol. The fourth-order valence-corrected chi connectivity index (χ4v) is 3.12. The minimum absolute atomic E-state index is 0.105. The topological polar surface area (TPSA) is 41.8 Å². The number of methoxy groups -OCH3 is 1. The number of ether oxygens (including phenoxy) is 1. The van der Waals surface area contributed by atoms with Gasteiger partial charge in [0.1, 0.15) is 0 Å². The number of rotatable bonds is 5. The van der Waals surface area contributed by atoms with Crippen molar-refractivity contribution in [2.75, 3.05) is 7.11 Å². The maximum Gasteiger partial charge on any atom is 0.160 e. The van der Waals surface area contributed by atoms with E-state index in [4.69, 9.17) is 4.74 Å². The lowest BCUT2D eigenvalue weighted by Gasteiger charge is -2.06. The SMILES string of the molecule is COc1ccc(C=Nc2ccccc2Sc2ccccc2)cc1O. The van der Waals surface area contributed by atoms with E-state index in [9.17, 15) is 5.11 Å². The summed E-state index contributed by atoms with van der Waals surface area (Å²) in [6.07, 6.45) is 1.74. The number of hydrogen-bond acceptors (Lipinski definition) is 4. The van der Waals surface area contributed by atoms with Crippen molar-refractivity contribution in [2.45, 2.75) is 9.79 Å². The number of aliphatic imine (C=N–C) groups is 1. The summed E-state index contributed by atoms with van der Waals surface area (Å²) in [5.41, 5.74) is 1.70. The van der Waals surface area contributed by atoms with Gasteiger partial charge in [-0.2, -0.15) is 0 Å². The molecule has 0 aromatic heterocycles. The Balaban J connectivity index is 1.83. The van der Waals surface area contributed by atoms with Crippen molar-refractivity contribution in [3.05, 3.63) is 78.4 Å². The molecule has 0 amide bonds. The summed E-state index contributed by atoms with van der Waals surface area (Å²) in [4.78, 5) is 6.82. The molecule has 1 N–H and O–H groups in total. The van der Waals surface area contributed by atoms with Crippen LogP contribution in [-0.4, -0.2) is 18.4 Å². The second-order valence-corrected chi connectivity index (χ2v) is 6.19. The van der Waals surface area contributed by atoms with Crippen molar-refractivity contribution in [3.63, 3.8) is 0 Å². The van der Waals surface area contributed by atoms with Crippen LogP contribution in [0, 0.1) is 0 Å². The van der Waals surface area contributed by atoms with Gasteiger partial charge in [-0.1, -0.05) is 42.1 Å². The lowest BCUT2D eigenvalue weighted by atomic mass is 10.2. The quantitative estimate of drug-likeness (QED) is 0.643. The molecule has 3 aromatic carbocycles. The average molecular weight is 335 g/mol. The number of aromatic hydroxyl groups is 1. The number of hydrogen-bond donors (Lipinski definition) is 1. The Morgan fingerprint density at radius 2 is 1.71 bits per heavy atom. The molecule has 0 bridgehead atoms. The molecule has 0 fully saturated rings. The zero-order valence-electron chi connectivity index (χ0n) is 13.2. The molecule has 0 saturated carbocycles. The fourth-order valence-electron chi connectivity index (χ4n) is 2.20. The molecule has 0 heterocycles. The van der Waals surface area contributed by atoms with Gasteiger partial charge in [0.25, 0.3) is 0 Å². The van der Waals surface area contributed by atoms with Crippen molar-refractivity contribution in [3.8, 4) is 11.5 Å². The molecular weight excluding hydrogens is 318 g/mol. The van der Waals surface area contributed by atoms with Gasteiger partial charge in [0, 0.05) is 16.0 Å². The number of nitrogens with zero attached hydrogens (tertiary/aromatic N) is 1. The van der Waals surface area contributed by atoms with Gasteiger partial charge >= 0.3 is 0 Å². The van der Waals surface area contributed by atoms with E-state index in [1.807, 2.05) is 42.5 Å². The van der Waals surface area contributed by atoms with Gasteiger partial charge in [-0.05, 0) is 48.0 Å². The number of phenolic OH excluding ortho intramolecular Hbond substituents is 1. The standard InChI is InChI=1S/C20H17NO2S/c1-23-19-12-11-15(13-18(19)22)14-21-17-9-5-6-10-20(17)24-16-7-3-2-4-8-16/h2-14,22H,1H3. The molecular formula is C20H17NO2S. The summed E-state index contributed by atoms with van der Waals surface area (Å²) < 4.78 is 5.05. The highest BCUT2D eigenvalue weighted by Crippen LogP contribution is 2.34. The summed E-state index contributed by atoms with van der Waals surface area (Å²) in [6.45, 7) is 0. The Morgan fingerprint density at radius 3 is 2.46 bits per heavy atom. The van der Waals surface area contributed by atoms with E-state index in [0.29, 0.717) is 5.75 Å². The zero-order valence-corrected chi connectivity index (χ0v) is 14.0. The Hall–Kier alpha value is -2.72. The number of para-hydroxylation sites is 1. The first-order chi connectivity index (χ1) is 11.8. The molecule has 0 aliphatic heterocycles. The van der Waals surface area contributed by atoms with E-state index in [1.165, 1.54) is 12.0 Å². The highest BCUT2D eigenvalue weighted by Gasteiger charge is 2.04. The van der Waals surface area contributed by atoms with Crippen molar-refractivity contribution in [1.82, 2.24) is 0 Å². The summed E-state index contributed by atoms with van der Waals surface area (Å²) in [5, 5.41) is 9.85. The van der Waals surface area contributed by atoms with Crippen LogP contribution in [-0.2, 0) is 0 Å². The van der Waals surface area contributed by atoms with Crippen LogP contribution < -0.4 is 4.74 Å². The van der Waals surface area contributed by atoms with Gasteiger partial charge in [0.2, 0.25) is 0 Å².